The van der Waals surface area contributed by atoms with Crippen molar-refractivity contribution in [3.63, 3.8) is 0 Å². The van der Waals surface area contributed by atoms with Crippen molar-refractivity contribution in [2.75, 3.05) is 0 Å². The van der Waals surface area contributed by atoms with E-state index in [-0.39, 0.29) is 0 Å². The number of para-hydroxylation sites is 1. The van der Waals surface area contributed by atoms with Crippen LogP contribution >= 0.6 is 0 Å². The smallest absolute Gasteiger partial charge is 0.302 e. The molecule has 0 aliphatic rings. The third-order valence-corrected chi connectivity index (χ3v) is 2.76. The highest BCUT2D eigenvalue weighted by atomic mass is 16.5. The molecule has 1 heterocycles. The average Bonchev–Trinajstić information content (AvgIpc) is 2.63. The fraction of sp³-hybridized carbons (Fsp3) is 0.357. The molecular formula is C14H18N2O. The molecule has 0 amide bonds. The van der Waals surface area contributed by atoms with Crippen LogP contribution in [0.5, 0.6) is 11.8 Å². The molecule has 0 aliphatic heterocycles. The lowest BCUT2D eigenvalue weighted by Crippen LogP contribution is -2.05. The molecule has 0 atom stereocenters. The summed E-state index contributed by atoms with van der Waals surface area (Å²) in [6.45, 7) is 8.32. The van der Waals surface area contributed by atoms with Gasteiger partial charge >= 0.3 is 6.01 Å². The van der Waals surface area contributed by atoms with Crippen LogP contribution in [0.3, 0.4) is 0 Å². The van der Waals surface area contributed by atoms with Crippen molar-refractivity contribution in [1.29, 1.82) is 0 Å². The molecule has 17 heavy (non-hydrogen) atoms. The van der Waals surface area contributed by atoms with Crippen molar-refractivity contribution in [2.24, 2.45) is 0 Å². The number of aromatic nitrogens is 2. The first kappa shape index (κ1) is 11.7. The summed E-state index contributed by atoms with van der Waals surface area (Å²) in [5.74, 6) is 0.861. The lowest BCUT2D eigenvalue weighted by Gasteiger charge is -2.14. The second-order valence-corrected chi connectivity index (χ2v) is 4.51. The first-order valence-corrected chi connectivity index (χ1v) is 5.87. The van der Waals surface area contributed by atoms with Gasteiger partial charge in [0.15, 0.2) is 0 Å². The standard InChI is InChI=1S/C14H18N2O/c1-10(2)16-12(4)9-15-14(16)17-13-8-6-5-7-11(13)3/h5-10H,1-4H3. The lowest BCUT2D eigenvalue weighted by atomic mass is 10.2. The van der Waals surface area contributed by atoms with E-state index in [2.05, 4.69) is 23.4 Å². The molecule has 2 rings (SSSR count). The minimum atomic E-state index is 0.344. The molecule has 1 aromatic carbocycles. The number of imidazole rings is 1. The van der Waals surface area contributed by atoms with Crippen molar-refractivity contribution in [2.45, 2.75) is 33.7 Å². The number of hydrogen-bond acceptors (Lipinski definition) is 2. The highest BCUT2D eigenvalue weighted by molar-refractivity contribution is 5.34. The van der Waals surface area contributed by atoms with E-state index in [9.17, 15) is 0 Å². The van der Waals surface area contributed by atoms with Gasteiger partial charge in [-0.05, 0) is 39.3 Å². The fourth-order valence-corrected chi connectivity index (χ4v) is 1.90. The van der Waals surface area contributed by atoms with E-state index in [0.717, 1.165) is 17.0 Å². The summed E-state index contributed by atoms with van der Waals surface area (Å²) >= 11 is 0. The summed E-state index contributed by atoms with van der Waals surface area (Å²) in [6.07, 6.45) is 1.84. The summed E-state index contributed by atoms with van der Waals surface area (Å²) in [4.78, 5) is 4.31. The zero-order valence-electron chi connectivity index (χ0n) is 10.8. The minimum absolute atomic E-state index is 0.344. The topological polar surface area (TPSA) is 27.1 Å². The van der Waals surface area contributed by atoms with Gasteiger partial charge in [0.05, 0.1) is 6.20 Å². The number of ether oxygens (including phenoxy) is 1. The van der Waals surface area contributed by atoms with Gasteiger partial charge in [-0.1, -0.05) is 18.2 Å². The summed E-state index contributed by atoms with van der Waals surface area (Å²) in [7, 11) is 0. The second kappa shape index (κ2) is 4.62. The van der Waals surface area contributed by atoms with E-state index in [0.29, 0.717) is 12.1 Å². The minimum Gasteiger partial charge on any atom is -0.425 e. The highest BCUT2D eigenvalue weighted by Gasteiger charge is 2.12. The van der Waals surface area contributed by atoms with Crippen LogP contribution in [0.1, 0.15) is 31.1 Å². The van der Waals surface area contributed by atoms with Gasteiger partial charge in [0.2, 0.25) is 0 Å². The van der Waals surface area contributed by atoms with Crippen LogP contribution in [0.4, 0.5) is 0 Å². The van der Waals surface area contributed by atoms with Crippen LogP contribution in [-0.2, 0) is 0 Å². The Morgan fingerprint density at radius 3 is 2.53 bits per heavy atom. The monoisotopic (exact) mass is 230 g/mol. The van der Waals surface area contributed by atoms with E-state index in [4.69, 9.17) is 4.74 Å². The Morgan fingerprint density at radius 1 is 1.18 bits per heavy atom. The van der Waals surface area contributed by atoms with Crippen LogP contribution in [0.15, 0.2) is 30.5 Å². The van der Waals surface area contributed by atoms with E-state index < -0.39 is 0 Å². The van der Waals surface area contributed by atoms with Gasteiger partial charge in [-0.25, -0.2) is 4.98 Å². The number of nitrogens with zero attached hydrogens (tertiary/aromatic N) is 2. The van der Waals surface area contributed by atoms with Crippen LogP contribution < -0.4 is 4.74 Å². The van der Waals surface area contributed by atoms with Gasteiger partial charge < -0.3 is 4.74 Å². The molecule has 0 spiro atoms. The Labute approximate surface area is 102 Å². The maximum atomic E-state index is 5.87. The molecular weight excluding hydrogens is 212 g/mol. The molecule has 0 N–H and O–H groups in total. The SMILES string of the molecule is Cc1ccccc1Oc1ncc(C)n1C(C)C. The molecule has 2 aromatic rings. The van der Waals surface area contributed by atoms with Crippen LogP contribution in [0, 0.1) is 13.8 Å². The molecule has 0 saturated heterocycles. The normalized spacial score (nSPS) is 10.9. The molecule has 0 unspecified atom stereocenters. The molecule has 0 saturated carbocycles. The van der Waals surface area contributed by atoms with Crippen LogP contribution in [0.25, 0.3) is 0 Å². The zero-order valence-corrected chi connectivity index (χ0v) is 10.8. The van der Waals surface area contributed by atoms with Crippen molar-refractivity contribution >= 4 is 0 Å². The average molecular weight is 230 g/mol. The van der Waals surface area contributed by atoms with Crippen molar-refractivity contribution in [1.82, 2.24) is 9.55 Å². The molecule has 90 valence electrons. The quantitative estimate of drug-likeness (QED) is 0.800. The summed E-state index contributed by atoms with van der Waals surface area (Å²) in [5, 5.41) is 0. The van der Waals surface area contributed by atoms with Gasteiger partial charge in [-0.15, -0.1) is 0 Å². The lowest BCUT2D eigenvalue weighted by molar-refractivity contribution is 0.390. The summed E-state index contributed by atoms with van der Waals surface area (Å²) < 4.78 is 7.96. The Bertz CT molecular complexity index is 515. The fourth-order valence-electron chi connectivity index (χ4n) is 1.90. The third-order valence-electron chi connectivity index (χ3n) is 2.76. The predicted octanol–water partition coefficient (Wildman–Crippen LogP) is 3.87. The second-order valence-electron chi connectivity index (χ2n) is 4.51. The van der Waals surface area contributed by atoms with Gasteiger partial charge in [-0.3, -0.25) is 4.57 Å². The first-order valence-electron chi connectivity index (χ1n) is 5.87. The zero-order chi connectivity index (χ0) is 12.4. The first-order chi connectivity index (χ1) is 8.09. The molecule has 0 radical (unpaired) electrons. The van der Waals surface area contributed by atoms with Gasteiger partial charge in [0.25, 0.3) is 0 Å². The van der Waals surface area contributed by atoms with Gasteiger partial charge in [0, 0.05) is 11.7 Å². The summed E-state index contributed by atoms with van der Waals surface area (Å²) in [5.41, 5.74) is 2.23. The molecule has 3 heteroatoms. The van der Waals surface area contributed by atoms with E-state index in [1.807, 2.05) is 44.3 Å². The maximum Gasteiger partial charge on any atom is 0.302 e. The van der Waals surface area contributed by atoms with Crippen molar-refractivity contribution in [3.8, 4) is 11.8 Å². The Morgan fingerprint density at radius 2 is 1.88 bits per heavy atom. The van der Waals surface area contributed by atoms with Crippen LogP contribution in [0.2, 0.25) is 0 Å². The number of aryl methyl sites for hydroxylation is 2. The Kier molecular flexibility index (Phi) is 3.18. The maximum absolute atomic E-state index is 5.87. The molecule has 0 bridgehead atoms. The van der Waals surface area contributed by atoms with E-state index >= 15 is 0 Å². The third kappa shape index (κ3) is 2.33. The molecule has 0 fully saturated rings. The largest absolute Gasteiger partial charge is 0.425 e. The Hall–Kier alpha value is -1.77. The molecule has 0 aliphatic carbocycles. The van der Waals surface area contributed by atoms with Crippen LogP contribution in [-0.4, -0.2) is 9.55 Å². The molecule has 1 aromatic heterocycles. The predicted molar refractivity (Wildman–Crippen MR) is 68.6 cm³/mol. The van der Waals surface area contributed by atoms with Gasteiger partial charge in [-0.2, -0.15) is 0 Å². The summed E-state index contributed by atoms with van der Waals surface area (Å²) in [6, 6.07) is 8.97. The van der Waals surface area contributed by atoms with Crippen molar-refractivity contribution in [3.05, 3.63) is 41.7 Å². The van der Waals surface area contributed by atoms with E-state index in [1.165, 1.54) is 0 Å². The Balaban J connectivity index is 2.34. The molecule has 3 nitrogen and oxygen atoms in total. The number of rotatable bonds is 3. The number of benzene rings is 1. The van der Waals surface area contributed by atoms with Crippen molar-refractivity contribution < 1.29 is 4.74 Å². The van der Waals surface area contributed by atoms with E-state index in [1.54, 1.807) is 0 Å². The highest BCUT2D eigenvalue weighted by Crippen LogP contribution is 2.26. The number of hydrogen-bond donors (Lipinski definition) is 0. The van der Waals surface area contributed by atoms with Gasteiger partial charge in [0.1, 0.15) is 5.75 Å².